The molecule has 0 aromatic heterocycles. The number of aryl methyl sites for hydroxylation is 1. The molecule has 2 aromatic carbocycles. The Labute approximate surface area is 131 Å². The first kappa shape index (κ1) is 16.1. The monoisotopic (exact) mass is 298 g/mol. The van der Waals surface area contributed by atoms with Crippen LogP contribution in [-0.2, 0) is 0 Å². The summed E-state index contributed by atoms with van der Waals surface area (Å²) < 4.78 is 11.4. The van der Waals surface area contributed by atoms with E-state index in [0.717, 1.165) is 29.9 Å². The van der Waals surface area contributed by atoms with Crippen LogP contribution in [0.2, 0.25) is 0 Å². The minimum Gasteiger partial charge on any atom is -0.494 e. The summed E-state index contributed by atoms with van der Waals surface area (Å²) >= 11 is 0. The fourth-order valence-electron chi connectivity index (χ4n) is 2.10. The summed E-state index contributed by atoms with van der Waals surface area (Å²) in [5.74, 6) is 1.74. The van der Waals surface area contributed by atoms with Gasteiger partial charge in [0, 0.05) is 5.56 Å². The third kappa shape index (κ3) is 4.92. The normalized spacial score (nSPS) is 10.3. The van der Waals surface area contributed by atoms with Gasteiger partial charge >= 0.3 is 0 Å². The molecule has 0 fully saturated rings. The molecule has 3 heteroatoms. The van der Waals surface area contributed by atoms with Crippen molar-refractivity contribution in [3.8, 4) is 11.5 Å². The highest BCUT2D eigenvalue weighted by Crippen LogP contribution is 2.17. The van der Waals surface area contributed by atoms with Crippen LogP contribution in [0.4, 0.5) is 0 Å². The zero-order valence-electron chi connectivity index (χ0n) is 13.2. The van der Waals surface area contributed by atoms with Gasteiger partial charge in [-0.05, 0) is 50.5 Å². The summed E-state index contributed by atoms with van der Waals surface area (Å²) in [7, 11) is 0. The van der Waals surface area contributed by atoms with E-state index in [0.29, 0.717) is 18.8 Å². The largest absolute Gasteiger partial charge is 0.494 e. The second-order valence-electron chi connectivity index (χ2n) is 5.25. The summed E-state index contributed by atoms with van der Waals surface area (Å²) in [6.07, 6.45) is 1.84. The van der Waals surface area contributed by atoms with Crippen LogP contribution in [0.15, 0.2) is 48.5 Å². The number of carbonyl (C=O) groups is 1. The molecule has 22 heavy (non-hydrogen) atoms. The van der Waals surface area contributed by atoms with Gasteiger partial charge in [0.1, 0.15) is 11.5 Å². The van der Waals surface area contributed by atoms with Gasteiger partial charge in [0.25, 0.3) is 0 Å². The molecule has 0 atom stereocenters. The average molecular weight is 298 g/mol. The molecular formula is C19H22O3. The highest BCUT2D eigenvalue weighted by atomic mass is 16.5. The Balaban J connectivity index is 1.66. The summed E-state index contributed by atoms with van der Waals surface area (Å²) in [5.41, 5.74) is 1.83. The van der Waals surface area contributed by atoms with Crippen molar-refractivity contribution in [1.82, 2.24) is 0 Å². The van der Waals surface area contributed by atoms with Crippen molar-refractivity contribution in [3.05, 3.63) is 59.7 Å². The third-order valence-corrected chi connectivity index (χ3v) is 3.40. The van der Waals surface area contributed by atoms with Crippen LogP contribution in [-0.4, -0.2) is 19.0 Å². The van der Waals surface area contributed by atoms with Gasteiger partial charge in [-0.1, -0.05) is 30.3 Å². The topological polar surface area (TPSA) is 35.5 Å². The van der Waals surface area contributed by atoms with Gasteiger partial charge < -0.3 is 9.47 Å². The highest BCUT2D eigenvalue weighted by Gasteiger charge is 2.01. The van der Waals surface area contributed by atoms with Crippen molar-refractivity contribution in [2.45, 2.75) is 26.7 Å². The third-order valence-electron chi connectivity index (χ3n) is 3.40. The van der Waals surface area contributed by atoms with Crippen LogP contribution in [0, 0.1) is 6.92 Å². The van der Waals surface area contributed by atoms with Crippen molar-refractivity contribution < 1.29 is 14.3 Å². The molecule has 3 nitrogen and oxygen atoms in total. The molecule has 0 saturated heterocycles. The molecule has 0 heterocycles. The molecular weight excluding hydrogens is 276 g/mol. The number of rotatable bonds is 8. The fraction of sp³-hybridized carbons (Fsp3) is 0.316. The van der Waals surface area contributed by atoms with Gasteiger partial charge in [-0.2, -0.15) is 0 Å². The van der Waals surface area contributed by atoms with Crippen LogP contribution in [0.5, 0.6) is 11.5 Å². The standard InChI is InChI=1S/C19H22O3/c1-15-8-3-4-11-19(15)22-13-6-5-12-21-18-10-7-9-17(14-18)16(2)20/h3-4,7-11,14H,5-6,12-13H2,1-2H3. The summed E-state index contributed by atoms with van der Waals surface area (Å²) in [4.78, 5) is 11.3. The van der Waals surface area contributed by atoms with E-state index in [4.69, 9.17) is 9.47 Å². The van der Waals surface area contributed by atoms with Crippen LogP contribution < -0.4 is 9.47 Å². The first-order chi connectivity index (χ1) is 10.7. The number of ketones is 1. The predicted octanol–water partition coefficient (Wildman–Crippen LogP) is 4.44. The van der Waals surface area contributed by atoms with Crippen molar-refractivity contribution in [2.24, 2.45) is 0 Å². The van der Waals surface area contributed by atoms with Gasteiger partial charge in [0.15, 0.2) is 5.78 Å². The molecule has 0 bridgehead atoms. The van der Waals surface area contributed by atoms with E-state index in [1.165, 1.54) is 0 Å². The Kier molecular flexibility index (Phi) is 6.01. The number of hydrogen-bond acceptors (Lipinski definition) is 3. The molecule has 2 aromatic rings. The van der Waals surface area contributed by atoms with Gasteiger partial charge in [-0.25, -0.2) is 0 Å². The predicted molar refractivity (Wildman–Crippen MR) is 87.8 cm³/mol. The molecule has 0 N–H and O–H groups in total. The number of ether oxygens (including phenoxy) is 2. The van der Waals surface area contributed by atoms with Crippen molar-refractivity contribution in [2.75, 3.05) is 13.2 Å². The van der Waals surface area contributed by atoms with E-state index in [9.17, 15) is 4.79 Å². The molecule has 116 valence electrons. The number of para-hydroxylation sites is 1. The molecule has 2 rings (SSSR count). The van der Waals surface area contributed by atoms with Gasteiger partial charge in [-0.3, -0.25) is 4.79 Å². The first-order valence-corrected chi connectivity index (χ1v) is 7.59. The van der Waals surface area contributed by atoms with Crippen LogP contribution >= 0.6 is 0 Å². The van der Waals surface area contributed by atoms with Gasteiger partial charge in [0.05, 0.1) is 13.2 Å². The molecule has 0 radical (unpaired) electrons. The number of carbonyl (C=O) groups excluding carboxylic acids is 1. The smallest absolute Gasteiger partial charge is 0.159 e. The van der Waals surface area contributed by atoms with Crippen LogP contribution in [0.3, 0.4) is 0 Å². The molecule has 0 aliphatic rings. The second kappa shape index (κ2) is 8.23. The number of benzene rings is 2. The van der Waals surface area contributed by atoms with E-state index < -0.39 is 0 Å². The van der Waals surface area contributed by atoms with E-state index in [-0.39, 0.29) is 5.78 Å². The molecule has 0 saturated carbocycles. The van der Waals surface area contributed by atoms with Crippen LogP contribution in [0.25, 0.3) is 0 Å². The zero-order valence-corrected chi connectivity index (χ0v) is 13.2. The maximum absolute atomic E-state index is 11.3. The lowest BCUT2D eigenvalue weighted by molar-refractivity contribution is 0.101. The average Bonchev–Trinajstić information content (AvgIpc) is 2.52. The van der Waals surface area contributed by atoms with Crippen molar-refractivity contribution >= 4 is 5.78 Å². The quantitative estimate of drug-likeness (QED) is 0.534. The number of Topliss-reactive ketones (excluding diaryl/α,β-unsaturated/α-hetero) is 1. The molecule has 0 amide bonds. The summed E-state index contributed by atoms with van der Waals surface area (Å²) in [6.45, 7) is 4.91. The number of hydrogen-bond donors (Lipinski definition) is 0. The van der Waals surface area contributed by atoms with Crippen LogP contribution in [0.1, 0.15) is 35.7 Å². The SMILES string of the molecule is CC(=O)c1cccc(OCCCCOc2ccccc2C)c1. The van der Waals surface area contributed by atoms with Crippen molar-refractivity contribution in [1.29, 1.82) is 0 Å². The summed E-state index contributed by atoms with van der Waals surface area (Å²) in [5, 5.41) is 0. The summed E-state index contributed by atoms with van der Waals surface area (Å²) in [6, 6.07) is 15.3. The Bertz CT molecular complexity index is 620. The van der Waals surface area contributed by atoms with Gasteiger partial charge in [0.2, 0.25) is 0 Å². The Morgan fingerprint density at radius 1 is 0.955 bits per heavy atom. The lowest BCUT2D eigenvalue weighted by atomic mass is 10.1. The second-order valence-corrected chi connectivity index (χ2v) is 5.25. The van der Waals surface area contributed by atoms with E-state index in [1.807, 2.05) is 43.3 Å². The Hall–Kier alpha value is -2.29. The van der Waals surface area contributed by atoms with Gasteiger partial charge in [-0.15, -0.1) is 0 Å². The minimum absolute atomic E-state index is 0.0529. The fourth-order valence-corrected chi connectivity index (χ4v) is 2.10. The Morgan fingerprint density at radius 3 is 2.41 bits per heavy atom. The highest BCUT2D eigenvalue weighted by molar-refractivity contribution is 5.94. The lowest BCUT2D eigenvalue weighted by Gasteiger charge is -2.09. The molecule has 0 aliphatic heterocycles. The molecule has 0 aliphatic carbocycles. The number of unbranched alkanes of at least 4 members (excludes halogenated alkanes) is 1. The Morgan fingerprint density at radius 2 is 1.68 bits per heavy atom. The van der Waals surface area contributed by atoms with E-state index in [1.54, 1.807) is 19.1 Å². The van der Waals surface area contributed by atoms with Crippen molar-refractivity contribution in [3.63, 3.8) is 0 Å². The minimum atomic E-state index is 0.0529. The molecule has 0 spiro atoms. The maximum atomic E-state index is 11.3. The van der Waals surface area contributed by atoms with E-state index >= 15 is 0 Å². The maximum Gasteiger partial charge on any atom is 0.159 e. The lowest BCUT2D eigenvalue weighted by Crippen LogP contribution is -2.03. The molecule has 0 unspecified atom stereocenters. The first-order valence-electron chi connectivity index (χ1n) is 7.59. The zero-order chi connectivity index (χ0) is 15.8. The van der Waals surface area contributed by atoms with E-state index in [2.05, 4.69) is 0 Å².